The van der Waals surface area contributed by atoms with E-state index >= 15 is 0 Å². The van der Waals surface area contributed by atoms with E-state index in [9.17, 15) is 19.5 Å². The first kappa shape index (κ1) is 30.7. The molecule has 8 nitrogen and oxygen atoms in total. The van der Waals surface area contributed by atoms with Gasteiger partial charge in [0.05, 0.1) is 30.6 Å². The van der Waals surface area contributed by atoms with E-state index in [-0.39, 0.29) is 36.8 Å². The molecular weight excluding hydrogens is 542 g/mol. The van der Waals surface area contributed by atoms with Crippen LogP contribution >= 0.6 is 0 Å². The molecule has 3 saturated heterocycles. The number of hydrogen-bond acceptors (Lipinski definition) is 5. The van der Waals surface area contributed by atoms with Crippen molar-refractivity contribution in [1.82, 2.24) is 14.7 Å². The Hall–Kier alpha value is -3.75. The molecule has 6 atom stereocenters. The number of aliphatic hydroxyl groups excluding tert-OH is 1. The van der Waals surface area contributed by atoms with Crippen molar-refractivity contribution in [2.75, 3.05) is 19.7 Å². The van der Waals surface area contributed by atoms with Crippen LogP contribution in [0.5, 0.6) is 0 Å². The van der Waals surface area contributed by atoms with Gasteiger partial charge < -0.3 is 24.5 Å². The van der Waals surface area contributed by atoms with Crippen LogP contribution in [0.15, 0.2) is 86.0 Å². The number of aliphatic hydroxyl groups is 1. The quantitative estimate of drug-likeness (QED) is 0.361. The third-order valence-corrected chi connectivity index (χ3v) is 9.33. The number of benzene rings is 2. The van der Waals surface area contributed by atoms with Crippen LogP contribution in [0.2, 0.25) is 0 Å². The number of ether oxygens (including phenoxy) is 1. The number of nitrogens with zero attached hydrogens (tertiary/aromatic N) is 3. The second-order valence-corrected chi connectivity index (χ2v) is 12.3. The molecule has 1 N–H and O–H groups in total. The molecule has 43 heavy (non-hydrogen) atoms. The molecule has 3 fully saturated rings. The lowest BCUT2D eigenvalue weighted by atomic mass is 9.70. The lowest BCUT2D eigenvalue weighted by Crippen LogP contribution is -2.59. The normalized spacial score (nSPS) is 26.3. The summed E-state index contributed by atoms with van der Waals surface area (Å²) >= 11 is 0. The average molecular weight is 586 g/mol. The number of amides is 3. The summed E-state index contributed by atoms with van der Waals surface area (Å²) in [4.78, 5) is 48.5. The first-order chi connectivity index (χ1) is 20.8. The maximum absolute atomic E-state index is 14.6. The third-order valence-electron chi connectivity index (χ3n) is 9.33. The van der Waals surface area contributed by atoms with Crippen molar-refractivity contribution in [3.05, 3.63) is 97.1 Å². The van der Waals surface area contributed by atoms with Gasteiger partial charge in [-0.2, -0.15) is 0 Å². The van der Waals surface area contributed by atoms with Crippen molar-refractivity contribution in [3.8, 4) is 0 Å². The highest BCUT2D eigenvalue weighted by Crippen LogP contribution is 2.59. The minimum absolute atomic E-state index is 0.122. The van der Waals surface area contributed by atoms with Crippen LogP contribution in [0.1, 0.15) is 37.8 Å². The fourth-order valence-electron chi connectivity index (χ4n) is 7.40. The summed E-state index contributed by atoms with van der Waals surface area (Å²) in [6, 6.07) is 17.9. The summed E-state index contributed by atoms with van der Waals surface area (Å²) in [5.74, 6) is -2.37. The van der Waals surface area contributed by atoms with Crippen molar-refractivity contribution in [2.45, 2.75) is 63.6 Å². The Morgan fingerprint density at radius 2 is 1.51 bits per heavy atom. The highest BCUT2D eigenvalue weighted by atomic mass is 16.5. The van der Waals surface area contributed by atoms with Crippen molar-refractivity contribution in [3.63, 3.8) is 0 Å². The Balaban J connectivity index is 1.54. The van der Waals surface area contributed by atoms with Gasteiger partial charge in [-0.1, -0.05) is 86.7 Å². The summed E-state index contributed by atoms with van der Waals surface area (Å²) in [6.07, 6.45) is 3.98. The Kier molecular flexibility index (Phi) is 9.18. The zero-order valence-electron chi connectivity index (χ0n) is 25.2. The molecule has 3 aliphatic heterocycles. The average Bonchev–Trinajstić information content (AvgIpc) is 3.65. The van der Waals surface area contributed by atoms with Crippen LogP contribution in [0.3, 0.4) is 0 Å². The minimum Gasteiger partial charge on any atom is -0.394 e. The fraction of sp³-hybridized carbons (Fsp3) is 0.457. The predicted octanol–water partition coefficient (Wildman–Crippen LogP) is 3.81. The molecule has 0 aromatic heterocycles. The van der Waals surface area contributed by atoms with Gasteiger partial charge in [-0.15, -0.1) is 13.2 Å². The number of hydrogen-bond donors (Lipinski definition) is 1. The maximum Gasteiger partial charge on any atom is 0.249 e. The highest BCUT2D eigenvalue weighted by molar-refractivity contribution is 5.99. The Labute approximate surface area is 254 Å². The second kappa shape index (κ2) is 12.9. The molecule has 2 unspecified atom stereocenters. The lowest BCUT2D eigenvalue weighted by molar-refractivity contribution is -0.153. The monoisotopic (exact) mass is 585 g/mol. The third kappa shape index (κ3) is 5.54. The van der Waals surface area contributed by atoms with Crippen molar-refractivity contribution in [1.29, 1.82) is 0 Å². The second-order valence-electron chi connectivity index (χ2n) is 12.3. The summed E-state index contributed by atoms with van der Waals surface area (Å²) in [5.41, 5.74) is 0.783. The molecule has 8 heteroatoms. The van der Waals surface area contributed by atoms with E-state index in [0.717, 1.165) is 11.1 Å². The van der Waals surface area contributed by atoms with Gasteiger partial charge in [0.25, 0.3) is 0 Å². The van der Waals surface area contributed by atoms with Crippen LogP contribution in [0.25, 0.3) is 0 Å². The van der Waals surface area contributed by atoms with Crippen LogP contribution in [0.4, 0.5) is 0 Å². The van der Waals surface area contributed by atoms with Gasteiger partial charge in [0, 0.05) is 26.2 Å². The zero-order valence-corrected chi connectivity index (χ0v) is 25.2. The van der Waals surface area contributed by atoms with E-state index in [0.29, 0.717) is 32.5 Å². The molecule has 3 amide bonds. The predicted molar refractivity (Wildman–Crippen MR) is 164 cm³/mol. The standard InChI is InChI=1S/C35H43N3O5/c1-5-19-36(21-25-13-9-7-10-14-25)32(40)29-28-17-18-35(43-28)30(29)33(41)38(27(23-39)24(3)4)31(35)34(42)37(20-6-2)22-26-15-11-8-12-16-26/h5-16,24,27-31,39H,1-2,17-23H2,3-4H3/t27-,28+,29-,30-,31?,35?/m0/s1. The van der Waals surface area contributed by atoms with E-state index in [4.69, 9.17) is 4.74 Å². The molecular formula is C35H43N3O5. The molecule has 0 saturated carbocycles. The topological polar surface area (TPSA) is 90.4 Å². The highest BCUT2D eigenvalue weighted by Gasteiger charge is 2.75. The lowest BCUT2D eigenvalue weighted by Gasteiger charge is -2.40. The van der Waals surface area contributed by atoms with E-state index in [1.165, 1.54) is 0 Å². The van der Waals surface area contributed by atoms with Gasteiger partial charge in [0.2, 0.25) is 17.7 Å². The summed E-state index contributed by atoms with van der Waals surface area (Å²) in [6.45, 7) is 12.6. The first-order valence-corrected chi connectivity index (χ1v) is 15.3. The molecule has 0 radical (unpaired) electrons. The van der Waals surface area contributed by atoms with E-state index in [1.54, 1.807) is 26.9 Å². The minimum atomic E-state index is -1.15. The van der Waals surface area contributed by atoms with E-state index in [2.05, 4.69) is 13.2 Å². The summed E-state index contributed by atoms with van der Waals surface area (Å²) in [5, 5.41) is 10.5. The number of likely N-dealkylation sites (tertiary alicyclic amines) is 1. The number of carbonyl (C=O) groups is 3. The van der Waals surface area contributed by atoms with Crippen LogP contribution in [-0.4, -0.2) is 81.0 Å². The molecule has 1 spiro atoms. The van der Waals surface area contributed by atoms with Gasteiger partial charge in [0.15, 0.2) is 0 Å². The Morgan fingerprint density at radius 3 is 2.00 bits per heavy atom. The molecule has 228 valence electrons. The van der Waals surface area contributed by atoms with Crippen LogP contribution in [-0.2, 0) is 32.2 Å². The Morgan fingerprint density at radius 1 is 0.977 bits per heavy atom. The van der Waals surface area contributed by atoms with E-state index < -0.39 is 35.6 Å². The zero-order chi connectivity index (χ0) is 30.7. The SMILES string of the molecule is C=CCN(Cc1ccccc1)C(=O)C1N([C@@H](CO)C(C)C)C(=O)[C@@H]2[C@@H](C(=O)N(CC=C)Cc3ccccc3)[C@H]3CCC12O3. The largest absolute Gasteiger partial charge is 0.394 e. The molecule has 2 bridgehead atoms. The first-order valence-electron chi connectivity index (χ1n) is 15.3. The molecule has 3 aliphatic rings. The molecule has 2 aromatic rings. The molecule has 3 heterocycles. The molecule has 2 aromatic carbocycles. The van der Waals surface area contributed by atoms with Gasteiger partial charge in [-0.3, -0.25) is 14.4 Å². The summed E-state index contributed by atoms with van der Waals surface area (Å²) < 4.78 is 6.69. The van der Waals surface area contributed by atoms with Gasteiger partial charge in [0.1, 0.15) is 11.6 Å². The van der Waals surface area contributed by atoms with Gasteiger partial charge >= 0.3 is 0 Å². The summed E-state index contributed by atoms with van der Waals surface area (Å²) in [7, 11) is 0. The number of rotatable bonds is 13. The van der Waals surface area contributed by atoms with Gasteiger partial charge in [-0.25, -0.2) is 0 Å². The van der Waals surface area contributed by atoms with Crippen molar-refractivity contribution in [2.24, 2.45) is 17.8 Å². The smallest absolute Gasteiger partial charge is 0.249 e. The van der Waals surface area contributed by atoms with Crippen molar-refractivity contribution < 1.29 is 24.2 Å². The maximum atomic E-state index is 14.6. The molecule has 0 aliphatic carbocycles. The van der Waals surface area contributed by atoms with Crippen LogP contribution < -0.4 is 0 Å². The Bertz CT molecular complexity index is 1330. The van der Waals surface area contributed by atoms with Crippen molar-refractivity contribution >= 4 is 17.7 Å². The van der Waals surface area contributed by atoms with E-state index in [1.807, 2.05) is 74.5 Å². The number of carbonyl (C=O) groups excluding carboxylic acids is 3. The molecule has 5 rings (SSSR count). The number of fused-ring (bicyclic) bond motifs is 1. The van der Waals surface area contributed by atoms with Gasteiger partial charge in [-0.05, 0) is 29.9 Å². The fourth-order valence-corrected chi connectivity index (χ4v) is 7.40. The van der Waals surface area contributed by atoms with Crippen LogP contribution in [0, 0.1) is 17.8 Å².